The highest BCUT2D eigenvalue weighted by atomic mass is 19.1. The molecule has 0 N–H and O–H groups in total. The number of hydrogen-bond acceptors (Lipinski definition) is 4. The van der Waals surface area contributed by atoms with Crippen LogP contribution in [0.3, 0.4) is 0 Å². The largest absolute Gasteiger partial charge is 0.493 e. The van der Waals surface area contributed by atoms with Gasteiger partial charge in [-0.15, -0.1) is 0 Å². The lowest BCUT2D eigenvalue weighted by Gasteiger charge is -2.14. The summed E-state index contributed by atoms with van der Waals surface area (Å²) in [5.74, 6) is -0.847. The molecule has 4 nitrogen and oxygen atoms in total. The zero-order valence-corrected chi connectivity index (χ0v) is 11.0. The Kier molecular flexibility index (Phi) is 4.95. The quantitative estimate of drug-likeness (QED) is 0.760. The zero-order chi connectivity index (χ0) is 13.7. The summed E-state index contributed by atoms with van der Waals surface area (Å²) in [7, 11) is 1.43. The van der Waals surface area contributed by atoms with E-state index in [4.69, 9.17) is 14.2 Å². The van der Waals surface area contributed by atoms with Gasteiger partial charge in [-0.2, -0.15) is 0 Å². The van der Waals surface area contributed by atoms with E-state index in [1.807, 2.05) is 13.8 Å². The van der Waals surface area contributed by atoms with Crippen molar-refractivity contribution < 1.29 is 23.4 Å². The number of carbonyl (C=O) groups excluding carboxylic acids is 1. The summed E-state index contributed by atoms with van der Waals surface area (Å²) in [6.07, 6.45) is -0.119. The Labute approximate surface area is 106 Å². The average Bonchev–Trinajstić information content (AvgIpc) is 2.28. The van der Waals surface area contributed by atoms with Crippen LogP contribution in [0.1, 0.15) is 31.1 Å². The molecule has 0 bridgehead atoms. The van der Waals surface area contributed by atoms with Crippen LogP contribution >= 0.6 is 0 Å². The minimum Gasteiger partial charge on any atom is -0.493 e. The van der Waals surface area contributed by atoms with E-state index in [1.165, 1.54) is 13.2 Å². The molecule has 0 aliphatic rings. The van der Waals surface area contributed by atoms with Gasteiger partial charge in [0.1, 0.15) is 5.82 Å². The highest BCUT2D eigenvalue weighted by molar-refractivity contribution is 5.90. The van der Waals surface area contributed by atoms with Crippen molar-refractivity contribution in [3.8, 4) is 11.5 Å². The SMILES string of the molecule is CCOC(=O)c1cc(OC)c(OC(C)C)cc1F. The van der Waals surface area contributed by atoms with Crippen LogP contribution in [0.25, 0.3) is 0 Å². The van der Waals surface area contributed by atoms with Gasteiger partial charge in [0, 0.05) is 12.1 Å². The number of carbonyl (C=O) groups is 1. The van der Waals surface area contributed by atoms with Gasteiger partial charge in [0.15, 0.2) is 11.5 Å². The second kappa shape index (κ2) is 6.23. The Morgan fingerprint density at radius 2 is 2.00 bits per heavy atom. The van der Waals surface area contributed by atoms with Crippen molar-refractivity contribution in [1.29, 1.82) is 0 Å². The lowest BCUT2D eigenvalue weighted by Crippen LogP contribution is -2.11. The second-order valence-electron chi connectivity index (χ2n) is 3.87. The third-order valence-corrected chi connectivity index (χ3v) is 2.11. The Bertz CT molecular complexity index is 429. The van der Waals surface area contributed by atoms with E-state index >= 15 is 0 Å². The van der Waals surface area contributed by atoms with Crippen molar-refractivity contribution in [2.75, 3.05) is 13.7 Å². The Hall–Kier alpha value is -1.78. The topological polar surface area (TPSA) is 44.8 Å². The number of esters is 1. The van der Waals surface area contributed by atoms with Crippen molar-refractivity contribution in [3.05, 3.63) is 23.5 Å². The monoisotopic (exact) mass is 256 g/mol. The summed E-state index contributed by atoms with van der Waals surface area (Å²) < 4.78 is 29.0. The highest BCUT2D eigenvalue weighted by Gasteiger charge is 2.18. The van der Waals surface area contributed by atoms with Gasteiger partial charge in [-0.1, -0.05) is 0 Å². The fourth-order valence-electron chi connectivity index (χ4n) is 1.41. The van der Waals surface area contributed by atoms with Crippen LogP contribution in [0, 0.1) is 5.82 Å². The van der Waals surface area contributed by atoms with Crippen molar-refractivity contribution in [2.45, 2.75) is 26.9 Å². The molecular weight excluding hydrogens is 239 g/mol. The molecule has 0 saturated heterocycles. The number of benzene rings is 1. The van der Waals surface area contributed by atoms with Crippen LogP contribution in [0.2, 0.25) is 0 Å². The molecule has 5 heteroatoms. The van der Waals surface area contributed by atoms with E-state index in [0.29, 0.717) is 5.75 Å². The summed E-state index contributed by atoms with van der Waals surface area (Å²) >= 11 is 0. The van der Waals surface area contributed by atoms with E-state index in [1.54, 1.807) is 6.92 Å². The Morgan fingerprint density at radius 1 is 1.33 bits per heavy atom. The minimum atomic E-state index is -0.718. The predicted molar refractivity (Wildman–Crippen MR) is 64.7 cm³/mol. The number of rotatable bonds is 5. The van der Waals surface area contributed by atoms with E-state index < -0.39 is 11.8 Å². The predicted octanol–water partition coefficient (Wildman–Crippen LogP) is 2.80. The van der Waals surface area contributed by atoms with E-state index in [2.05, 4.69) is 0 Å². The molecule has 1 aromatic rings. The maximum Gasteiger partial charge on any atom is 0.341 e. The summed E-state index contributed by atoms with van der Waals surface area (Å²) in [6, 6.07) is 2.41. The first kappa shape index (κ1) is 14.3. The molecule has 0 aliphatic heterocycles. The van der Waals surface area contributed by atoms with Crippen LogP contribution in [0.5, 0.6) is 11.5 Å². The standard InChI is InChI=1S/C13H17FO4/c1-5-17-13(15)9-6-11(16-4)12(7-10(9)14)18-8(2)3/h6-8H,5H2,1-4H3. The lowest BCUT2D eigenvalue weighted by atomic mass is 10.2. The van der Waals surface area contributed by atoms with Gasteiger partial charge >= 0.3 is 5.97 Å². The maximum absolute atomic E-state index is 13.8. The highest BCUT2D eigenvalue weighted by Crippen LogP contribution is 2.31. The molecular formula is C13H17FO4. The van der Waals surface area contributed by atoms with Gasteiger partial charge in [-0.25, -0.2) is 9.18 Å². The first-order valence-corrected chi connectivity index (χ1v) is 5.70. The number of hydrogen-bond donors (Lipinski definition) is 0. The molecule has 0 spiro atoms. The van der Waals surface area contributed by atoms with Crippen molar-refractivity contribution in [1.82, 2.24) is 0 Å². The van der Waals surface area contributed by atoms with Crippen LogP contribution < -0.4 is 9.47 Å². The first-order valence-electron chi connectivity index (χ1n) is 5.70. The summed E-state index contributed by atoms with van der Waals surface area (Å²) in [5.41, 5.74) is -0.162. The zero-order valence-electron chi connectivity index (χ0n) is 11.0. The third-order valence-electron chi connectivity index (χ3n) is 2.11. The first-order chi connectivity index (χ1) is 8.49. The van der Waals surface area contributed by atoms with Crippen LogP contribution in [0.15, 0.2) is 12.1 Å². The van der Waals surface area contributed by atoms with Gasteiger partial charge < -0.3 is 14.2 Å². The second-order valence-corrected chi connectivity index (χ2v) is 3.87. The number of methoxy groups -OCH3 is 1. The molecule has 0 radical (unpaired) electrons. The van der Waals surface area contributed by atoms with Crippen LogP contribution in [0.4, 0.5) is 4.39 Å². The maximum atomic E-state index is 13.8. The molecule has 1 aromatic carbocycles. The Balaban J connectivity index is 3.13. The summed E-state index contributed by atoms with van der Waals surface area (Å²) in [6.45, 7) is 5.47. The van der Waals surface area contributed by atoms with Crippen molar-refractivity contribution in [2.24, 2.45) is 0 Å². The fraction of sp³-hybridized carbons (Fsp3) is 0.462. The molecule has 100 valence electrons. The number of halogens is 1. The Morgan fingerprint density at radius 3 is 2.50 bits per heavy atom. The molecule has 0 fully saturated rings. The molecule has 0 heterocycles. The molecule has 0 unspecified atom stereocenters. The van der Waals surface area contributed by atoms with Gasteiger partial charge in [0.25, 0.3) is 0 Å². The van der Waals surface area contributed by atoms with E-state index in [-0.39, 0.29) is 24.0 Å². The van der Waals surface area contributed by atoms with Gasteiger partial charge in [0.2, 0.25) is 0 Å². The summed E-state index contributed by atoms with van der Waals surface area (Å²) in [4.78, 5) is 11.5. The molecule has 0 amide bonds. The summed E-state index contributed by atoms with van der Waals surface area (Å²) in [5, 5.41) is 0. The van der Waals surface area contributed by atoms with Crippen molar-refractivity contribution >= 4 is 5.97 Å². The number of ether oxygens (including phenoxy) is 3. The average molecular weight is 256 g/mol. The smallest absolute Gasteiger partial charge is 0.341 e. The van der Waals surface area contributed by atoms with Gasteiger partial charge in [-0.05, 0) is 20.8 Å². The normalized spacial score (nSPS) is 10.3. The van der Waals surface area contributed by atoms with E-state index in [0.717, 1.165) is 6.07 Å². The van der Waals surface area contributed by atoms with Gasteiger partial charge in [-0.3, -0.25) is 0 Å². The fourth-order valence-corrected chi connectivity index (χ4v) is 1.41. The van der Waals surface area contributed by atoms with Crippen LogP contribution in [-0.4, -0.2) is 25.8 Å². The molecule has 0 aliphatic carbocycles. The van der Waals surface area contributed by atoms with Crippen LogP contribution in [-0.2, 0) is 4.74 Å². The van der Waals surface area contributed by atoms with Gasteiger partial charge in [0.05, 0.1) is 25.4 Å². The molecule has 0 atom stereocenters. The van der Waals surface area contributed by atoms with E-state index in [9.17, 15) is 9.18 Å². The van der Waals surface area contributed by atoms with Crippen molar-refractivity contribution in [3.63, 3.8) is 0 Å². The molecule has 0 aromatic heterocycles. The minimum absolute atomic E-state index is 0.119. The molecule has 1 rings (SSSR count). The molecule has 0 saturated carbocycles. The lowest BCUT2D eigenvalue weighted by molar-refractivity contribution is 0.0520. The third kappa shape index (κ3) is 3.35. The molecule has 18 heavy (non-hydrogen) atoms.